The Morgan fingerprint density at radius 2 is 2.11 bits per heavy atom. The highest BCUT2D eigenvalue weighted by molar-refractivity contribution is 9.09. The van der Waals surface area contributed by atoms with Gasteiger partial charge in [0.2, 0.25) is 0 Å². The highest BCUT2D eigenvalue weighted by atomic mass is 79.9. The van der Waals surface area contributed by atoms with E-state index in [1.54, 1.807) is 7.11 Å². The zero-order valence-electron chi connectivity index (χ0n) is 11.9. The molecule has 1 aromatic rings. The minimum Gasteiger partial charge on any atom is -0.496 e. The van der Waals surface area contributed by atoms with E-state index in [1.807, 2.05) is 30.0 Å². The lowest BCUT2D eigenvalue weighted by Gasteiger charge is -2.22. The van der Waals surface area contributed by atoms with E-state index in [2.05, 4.69) is 22.9 Å². The van der Waals surface area contributed by atoms with Gasteiger partial charge in [0.25, 0.3) is 5.91 Å². The molecule has 19 heavy (non-hydrogen) atoms. The number of hydrogen-bond donors (Lipinski definition) is 0. The standard InChI is InChI=1S/C15H22BrNO2/c1-4-5-9-17(10-8-16)15(18)13-11-12(2)6-7-14(13)19-3/h6-7,11H,4-5,8-10H2,1-3H3. The number of unbranched alkanes of at least 4 members (excludes halogenated alkanes) is 1. The average Bonchev–Trinajstić information content (AvgIpc) is 2.42. The highest BCUT2D eigenvalue weighted by Gasteiger charge is 2.18. The van der Waals surface area contributed by atoms with Crippen LogP contribution in [0, 0.1) is 6.92 Å². The first-order valence-electron chi connectivity index (χ1n) is 6.63. The number of halogens is 1. The van der Waals surface area contributed by atoms with E-state index in [0.29, 0.717) is 11.3 Å². The fourth-order valence-electron chi connectivity index (χ4n) is 1.93. The van der Waals surface area contributed by atoms with Crippen LogP contribution in [0.2, 0.25) is 0 Å². The van der Waals surface area contributed by atoms with E-state index in [1.165, 1.54) is 0 Å². The zero-order valence-corrected chi connectivity index (χ0v) is 13.5. The Bertz CT molecular complexity index is 421. The minimum atomic E-state index is 0.0495. The molecule has 0 unspecified atom stereocenters. The van der Waals surface area contributed by atoms with Crippen molar-refractivity contribution >= 4 is 21.8 Å². The Hall–Kier alpha value is -1.03. The lowest BCUT2D eigenvalue weighted by atomic mass is 10.1. The Kier molecular flexibility index (Phi) is 6.92. The molecule has 0 saturated heterocycles. The van der Waals surface area contributed by atoms with Crippen LogP contribution in [0.1, 0.15) is 35.7 Å². The molecule has 0 radical (unpaired) electrons. The van der Waals surface area contributed by atoms with Gasteiger partial charge in [-0.15, -0.1) is 0 Å². The molecule has 1 amide bonds. The summed E-state index contributed by atoms with van der Waals surface area (Å²) in [6.07, 6.45) is 2.10. The average molecular weight is 328 g/mol. The molecule has 0 aromatic heterocycles. The maximum atomic E-state index is 12.6. The van der Waals surface area contributed by atoms with Gasteiger partial charge < -0.3 is 9.64 Å². The van der Waals surface area contributed by atoms with Gasteiger partial charge in [-0.1, -0.05) is 40.9 Å². The van der Waals surface area contributed by atoms with Gasteiger partial charge in [-0.25, -0.2) is 0 Å². The van der Waals surface area contributed by atoms with Crippen LogP contribution in [-0.4, -0.2) is 36.3 Å². The van der Waals surface area contributed by atoms with Crippen LogP contribution in [0.5, 0.6) is 5.75 Å². The van der Waals surface area contributed by atoms with Gasteiger partial charge in [0, 0.05) is 18.4 Å². The van der Waals surface area contributed by atoms with Gasteiger partial charge >= 0.3 is 0 Å². The van der Waals surface area contributed by atoms with Crippen LogP contribution >= 0.6 is 15.9 Å². The summed E-state index contributed by atoms with van der Waals surface area (Å²) in [7, 11) is 1.60. The molecule has 1 rings (SSSR count). The summed E-state index contributed by atoms with van der Waals surface area (Å²) in [6, 6.07) is 5.71. The summed E-state index contributed by atoms with van der Waals surface area (Å²) >= 11 is 3.41. The predicted molar refractivity (Wildman–Crippen MR) is 82.3 cm³/mol. The van der Waals surface area contributed by atoms with Crippen molar-refractivity contribution in [1.29, 1.82) is 0 Å². The van der Waals surface area contributed by atoms with Gasteiger partial charge in [-0.2, -0.15) is 0 Å². The van der Waals surface area contributed by atoms with Crippen molar-refractivity contribution in [2.45, 2.75) is 26.7 Å². The Morgan fingerprint density at radius 3 is 2.68 bits per heavy atom. The first-order valence-corrected chi connectivity index (χ1v) is 7.76. The molecule has 3 nitrogen and oxygen atoms in total. The third-order valence-corrected chi connectivity index (χ3v) is 3.36. The van der Waals surface area contributed by atoms with E-state index in [9.17, 15) is 4.79 Å². The zero-order chi connectivity index (χ0) is 14.3. The number of aryl methyl sites for hydroxylation is 1. The second kappa shape index (κ2) is 8.20. The third-order valence-electron chi connectivity index (χ3n) is 3.01. The number of ether oxygens (including phenoxy) is 1. The number of amides is 1. The molecular weight excluding hydrogens is 306 g/mol. The van der Waals surface area contributed by atoms with E-state index >= 15 is 0 Å². The fraction of sp³-hybridized carbons (Fsp3) is 0.533. The highest BCUT2D eigenvalue weighted by Crippen LogP contribution is 2.21. The van der Waals surface area contributed by atoms with E-state index in [-0.39, 0.29) is 5.91 Å². The monoisotopic (exact) mass is 327 g/mol. The molecule has 0 spiro atoms. The van der Waals surface area contributed by atoms with E-state index < -0.39 is 0 Å². The summed E-state index contributed by atoms with van der Waals surface area (Å²) in [6.45, 7) is 5.62. The molecule has 0 aliphatic heterocycles. The SMILES string of the molecule is CCCCN(CCBr)C(=O)c1cc(C)ccc1OC. The molecule has 0 saturated carbocycles. The normalized spacial score (nSPS) is 10.3. The molecule has 0 aliphatic rings. The number of methoxy groups -OCH3 is 1. The lowest BCUT2D eigenvalue weighted by Crippen LogP contribution is -2.33. The van der Waals surface area contributed by atoms with Crippen molar-refractivity contribution in [3.63, 3.8) is 0 Å². The number of hydrogen-bond acceptors (Lipinski definition) is 2. The van der Waals surface area contributed by atoms with E-state index in [4.69, 9.17) is 4.74 Å². The molecule has 0 fully saturated rings. The van der Waals surface area contributed by atoms with Crippen LogP contribution in [0.4, 0.5) is 0 Å². The van der Waals surface area contributed by atoms with Gasteiger partial charge in [0.15, 0.2) is 0 Å². The molecule has 4 heteroatoms. The maximum Gasteiger partial charge on any atom is 0.257 e. The molecule has 0 bridgehead atoms. The summed E-state index contributed by atoms with van der Waals surface area (Å²) in [5.74, 6) is 0.695. The first kappa shape index (κ1) is 16.0. The number of carbonyl (C=O) groups excluding carboxylic acids is 1. The van der Waals surface area contributed by atoms with Crippen molar-refractivity contribution in [3.8, 4) is 5.75 Å². The lowest BCUT2D eigenvalue weighted by molar-refractivity contribution is 0.0761. The van der Waals surface area contributed by atoms with Crippen molar-refractivity contribution in [3.05, 3.63) is 29.3 Å². The fourth-order valence-corrected chi connectivity index (χ4v) is 2.35. The Labute approximate surface area is 124 Å². The van der Waals surface area contributed by atoms with Crippen molar-refractivity contribution in [1.82, 2.24) is 4.90 Å². The van der Waals surface area contributed by atoms with Crippen molar-refractivity contribution in [2.75, 3.05) is 25.5 Å². The Morgan fingerprint density at radius 1 is 1.37 bits per heavy atom. The molecule has 0 heterocycles. The van der Waals surface area contributed by atoms with Crippen LogP contribution in [0.15, 0.2) is 18.2 Å². The molecule has 106 valence electrons. The summed E-state index contributed by atoms with van der Waals surface area (Å²) < 4.78 is 5.30. The molecule has 1 aromatic carbocycles. The van der Waals surface area contributed by atoms with Gasteiger partial charge in [-0.05, 0) is 25.5 Å². The second-order valence-corrected chi connectivity index (χ2v) is 5.33. The minimum absolute atomic E-state index is 0.0495. The third kappa shape index (κ3) is 4.53. The summed E-state index contributed by atoms with van der Waals surface area (Å²) in [4.78, 5) is 14.5. The first-order chi connectivity index (χ1) is 9.13. The Balaban J connectivity index is 2.97. The van der Waals surface area contributed by atoms with Crippen molar-refractivity contribution < 1.29 is 9.53 Å². The van der Waals surface area contributed by atoms with E-state index in [0.717, 1.165) is 36.8 Å². The number of carbonyl (C=O) groups is 1. The van der Waals surface area contributed by atoms with Crippen LogP contribution in [0.25, 0.3) is 0 Å². The van der Waals surface area contributed by atoms with Crippen LogP contribution in [0.3, 0.4) is 0 Å². The topological polar surface area (TPSA) is 29.5 Å². The number of benzene rings is 1. The second-order valence-electron chi connectivity index (χ2n) is 4.54. The van der Waals surface area contributed by atoms with Gasteiger partial charge in [-0.3, -0.25) is 4.79 Å². The largest absolute Gasteiger partial charge is 0.496 e. The number of rotatable bonds is 7. The molecule has 0 N–H and O–H groups in total. The number of nitrogens with zero attached hydrogens (tertiary/aromatic N) is 1. The molecule has 0 aliphatic carbocycles. The predicted octanol–water partition coefficient (Wildman–Crippen LogP) is 3.64. The van der Waals surface area contributed by atoms with Gasteiger partial charge in [0.1, 0.15) is 5.75 Å². The molecular formula is C15H22BrNO2. The number of alkyl halides is 1. The summed E-state index contributed by atoms with van der Waals surface area (Å²) in [5.41, 5.74) is 1.72. The maximum absolute atomic E-state index is 12.6. The quantitative estimate of drug-likeness (QED) is 0.715. The van der Waals surface area contributed by atoms with Crippen LogP contribution < -0.4 is 4.74 Å². The smallest absolute Gasteiger partial charge is 0.257 e. The van der Waals surface area contributed by atoms with Crippen molar-refractivity contribution in [2.24, 2.45) is 0 Å². The van der Waals surface area contributed by atoms with Crippen LogP contribution in [-0.2, 0) is 0 Å². The van der Waals surface area contributed by atoms with Gasteiger partial charge in [0.05, 0.1) is 12.7 Å². The molecule has 0 atom stereocenters. The summed E-state index contributed by atoms with van der Waals surface area (Å²) in [5, 5.41) is 0.788.